The standard InChI is InChI=1S/C16H21N5OS/c1-11-15(19-20-21(11)13-6-8-17-9-7-13)16(22)18-12-4-3-5-14(10-12)23-2/h3-5,10,13,17H,6-9H2,1-2H3,(H,18,22). The van der Waals surface area contributed by atoms with Crippen LogP contribution in [0, 0.1) is 6.92 Å². The lowest BCUT2D eigenvalue weighted by atomic mass is 10.1. The second-order valence-electron chi connectivity index (χ2n) is 5.64. The van der Waals surface area contributed by atoms with Gasteiger partial charge in [-0.25, -0.2) is 4.68 Å². The van der Waals surface area contributed by atoms with Crippen LogP contribution in [0.15, 0.2) is 29.2 Å². The molecule has 2 aromatic rings. The summed E-state index contributed by atoms with van der Waals surface area (Å²) < 4.78 is 1.90. The highest BCUT2D eigenvalue weighted by Crippen LogP contribution is 2.22. The van der Waals surface area contributed by atoms with Crippen LogP contribution >= 0.6 is 11.8 Å². The van der Waals surface area contributed by atoms with E-state index >= 15 is 0 Å². The topological polar surface area (TPSA) is 71.8 Å². The third kappa shape index (κ3) is 3.56. The fraction of sp³-hybridized carbons (Fsp3) is 0.438. The molecule has 2 heterocycles. The first-order valence-corrected chi connectivity index (χ1v) is 8.99. The van der Waals surface area contributed by atoms with E-state index < -0.39 is 0 Å². The molecule has 0 unspecified atom stereocenters. The number of nitrogens with zero attached hydrogens (tertiary/aromatic N) is 3. The summed E-state index contributed by atoms with van der Waals surface area (Å²) in [5.41, 5.74) is 2.01. The summed E-state index contributed by atoms with van der Waals surface area (Å²) in [5.74, 6) is -0.207. The molecule has 23 heavy (non-hydrogen) atoms. The van der Waals surface area contributed by atoms with Gasteiger partial charge in [0.25, 0.3) is 5.91 Å². The number of amides is 1. The van der Waals surface area contributed by atoms with E-state index in [0.717, 1.165) is 42.2 Å². The molecule has 122 valence electrons. The van der Waals surface area contributed by atoms with Crippen LogP contribution in [0.4, 0.5) is 5.69 Å². The SMILES string of the molecule is CSc1cccc(NC(=O)c2nnn(C3CCNCC3)c2C)c1. The predicted molar refractivity (Wildman–Crippen MR) is 92.1 cm³/mol. The number of hydrogen-bond acceptors (Lipinski definition) is 5. The van der Waals surface area contributed by atoms with Crippen molar-refractivity contribution >= 4 is 23.4 Å². The number of piperidine rings is 1. The minimum absolute atomic E-state index is 0.207. The molecule has 0 saturated carbocycles. The molecule has 0 radical (unpaired) electrons. The van der Waals surface area contributed by atoms with E-state index in [1.54, 1.807) is 11.8 Å². The number of thioether (sulfide) groups is 1. The van der Waals surface area contributed by atoms with Gasteiger partial charge in [-0.3, -0.25) is 4.79 Å². The molecule has 1 aliphatic rings. The van der Waals surface area contributed by atoms with Gasteiger partial charge in [-0.05, 0) is 57.3 Å². The van der Waals surface area contributed by atoms with E-state index in [2.05, 4.69) is 20.9 Å². The summed E-state index contributed by atoms with van der Waals surface area (Å²) in [6.45, 7) is 3.87. The largest absolute Gasteiger partial charge is 0.320 e. The minimum Gasteiger partial charge on any atom is -0.320 e. The molecule has 0 atom stereocenters. The Hall–Kier alpha value is -1.86. The maximum Gasteiger partial charge on any atom is 0.278 e. The van der Waals surface area contributed by atoms with Crippen LogP contribution in [0.3, 0.4) is 0 Å². The zero-order valence-electron chi connectivity index (χ0n) is 13.4. The molecule has 0 spiro atoms. The van der Waals surface area contributed by atoms with Crippen molar-refractivity contribution in [2.75, 3.05) is 24.7 Å². The Morgan fingerprint density at radius 2 is 2.17 bits per heavy atom. The van der Waals surface area contributed by atoms with Gasteiger partial charge in [0.1, 0.15) is 0 Å². The molecule has 1 aliphatic heterocycles. The van der Waals surface area contributed by atoms with Crippen molar-refractivity contribution in [3.63, 3.8) is 0 Å². The van der Waals surface area contributed by atoms with Crippen molar-refractivity contribution in [1.29, 1.82) is 0 Å². The van der Waals surface area contributed by atoms with Gasteiger partial charge in [0.05, 0.1) is 11.7 Å². The zero-order chi connectivity index (χ0) is 16.2. The third-order valence-corrected chi connectivity index (χ3v) is 4.85. The van der Waals surface area contributed by atoms with E-state index in [9.17, 15) is 4.79 Å². The summed E-state index contributed by atoms with van der Waals surface area (Å²) in [6.07, 6.45) is 4.04. The predicted octanol–water partition coefficient (Wildman–Crippen LogP) is 2.49. The molecule has 0 bridgehead atoms. The van der Waals surface area contributed by atoms with Crippen LogP contribution in [-0.2, 0) is 0 Å². The van der Waals surface area contributed by atoms with Crippen LogP contribution in [0.2, 0.25) is 0 Å². The molecule has 1 amide bonds. The lowest BCUT2D eigenvalue weighted by Gasteiger charge is -2.23. The Bertz CT molecular complexity index is 694. The zero-order valence-corrected chi connectivity index (χ0v) is 14.2. The average molecular weight is 331 g/mol. The Morgan fingerprint density at radius 3 is 2.91 bits per heavy atom. The number of nitrogens with one attached hydrogen (secondary N) is 2. The van der Waals surface area contributed by atoms with Crippen LogP contribution in [0.25, 0.3) is 0 Å². The number of rotatable bonds is 4. The van der Waals surface area contributed by atoms with E-state index in [4.69, 9.17) is 0 Å². The Balaban J connectivity index is 1.75. The van der Waals surface area contributed by atoms with Crippen LogP contribution < -0.4 is 10.6 Å². The summed E-state index contributed by atoms with van der Waals surface area (Å²) in [6, 6.07) is 8.10. The van der Waals surface area contributed by atoms with Crippen molar-refractivity contribution in [3.05, 3.63) is 35.7 Å². The van der Waals surface area contributed by atoms with Gasteiger partial charge in [0, 0.05) is 10.6 Å². The molecule has 3 rings (SSSR count). The number of carbonyl (C=O) groups excluding carboxylic acids is 1. The normalized spacial score (nSPS) is 15.6. The first kappa shape index (κ1) is 16.0. The average Bonchev–Trinajstić information content (AvgIpc) is 2.97. The highest BCUT2D eigenvalue weighted by atomic mass is 32.2. The monoisotopic (exact) mass is 331 g/mol. The maximum absolute atomic E-state index is 12.5. The molecule has 1 fully saturated rings. The van der Waals surface area contributed by atoms with E-state index in [1.807, 2.05) is 42.1 Å². The summed E-state index contributed by atoms with van der Waals surface area (Å²) in [4.78, 5) is 13.6. The number of carbonyl (C=O) groups is 1. The highest BCUT2D eigenvalue weighted by Gasteiger charge is 2.22. The summed E-state index contributed by atoms with van der Waals surface area (Å²) in [5, 5.41) is 14.6. The van der Waals surface area contributed by atoms with E-state index in [1.165, 1.54) is 0 Å². The van der Waals surface area contributed by atoms with Gasteiger partial charge < -0.3 is 10.6 Å². The Morgan fingerprint density at radius 1 is 1.39 bits per heavy atom. The fourth-order valence-corrected chi connectivity index (χ4v) is 3.30. The number of anilines is 1. The van der Waals surface area contributed by atoms with Crippen LogP contribution in [0.5, 0.6) is 0 Å². The van der Waals surface area contributed by atoms with Crippen molar-refractivity contribution in [3.8, 4) is 0 Å². The number of hydrogen-bond donors (Lipinski definition) is 2. The third-order valence-electron chi connectivity index (χ3n) is 4.12. The molecule has 1 aromatic heterocycles. The second-order valence-corrected chi connectivity index (χ2v) is 6.51. The van der Waals surface area contributed by atoms with Gasteiger partial charge in [-0.1, -0.05) is 11.3 Å². The van der Waals surface area contributed by atoms with Gasteiger partial charge in [-0.2, -0.15) is 0 Å². The molecule has 2 N–H and O–H groups in total. The maximum atomic E-state index is 12.5. The van der Waals surface area contributed by atoms with Crippen LogP contribution in [-0.4, -0.2) is 40.2 Å². The first-order chi connectivity index (χ1) is 11.2. The second kappa shape index (κ2) is 7.14. The molecule has 1 saturated heterocycles. The minimum atomic E-state index is -0.207. The molecule has 7 heteroatoms. The highest BCUT2D eigenvalue weighted by molar-refractivity contribution is 7.98. The molecular weight excluding hydrogens is 310 g/mol. The van der Waals surface area contributed by atoms with E-state index in [0.29, 0.717) is 11.7 Å². The number of benzene rings is 1. The Labute approximate surface area is 140 Å². The molecule has 0 aliphatic carbocycles. The summed E-state index contributed by atoms with van der Waals surface area (Å²) >= 11 is 1.64. The van der Waals surface area contributed by atoms with Crippen molar-refractivity contribution in [1.82, 2.24) is 20.3 Å². The van der Waals surface area contributed by atoms with Gasteiger partial charge in [-0.15, -0.1) is 16.9 Å². The van der Waals surface area contributed by atoms with E-state index in [-0.39, 0.29) is 5.91 Å². The van der Waals surface area contributed by atoms with Crippen molar-refractivity contribution < 1.29 is 4.79 Å². The first-order valence-electron chi connectivity index (χ1n) is 7.77. The van der Waals surface area contributed by atoms with Gasteiger partial charge >= 0.3 is 0 Å². The van der Waals surface area contributed by atoms with Gasteiger partial charge in [0.15, 0.2) is 5.69 Å². The van der Waals surface area contributed by atoms with Crippen molar-refractivity contribution in [2.24, 2.45) is 0 Å². The van der Waals surface area contributed by atoms with Gasteiger partial charge in [0.2, 0.25) is 0 Å². The number of aromatic nitrogens is 3. The molecule has 6 nitrogen and oxygen atoms in total. The molecule has 1 aromatic carbocycles. The van der Waals surface area contributed by atoms with Crippen molar-refractivity contribution in [2.45, 2.75) is 30.7 Å². The lowest BCUT2D eigenvalue weighted by molar-refractivity contribution is 0.102. The van der Waals surface area contributed by atoms with Crippen LogP contribution in [0.1, 0.15) is 35.1 Å². The quantitative estimate of drug-likeness (QED) is 0.842. The molecular formula is C16H21N5OS. The summed E-state index contributed by atoms with van der Waals surface area (Å²) in [7, 11) is 0. The smallest absolute Gasteiger partial charge is 0.278 e. The lowest BCUT2D eigenvalue weighted by Crippen LogP contribution is -2.30. The fourth-order valence-electron chi connectivity index (χ4n) is 2.84. The Kier molecular flexibility index (Phi) is 4.97.